The standard InChI is InChI=1S/C25H25N3O3S/c1-17-7-5-6-8-23(17)28-24(19-13-21(30-3)15-22(14-19)31-4)26-27-25(28)32-16-18-9-11-20(29-2)12-10-18/h5-15H,16H2,1-4H3. The van der Waals surface area contributed by atoms with Gasteiger partial charge in [-0.2, -0.15) is 0 Å². The molecule has 0 N–H and O–H groups in total. The Labute approximate surface area is 192 Å². The van der Waals surface area contributed by atoms with Crippen LogP contribution in [0, 0.1) is 6.92 Å². The lowest BCUT2D eigenvalue weighted by molar-refractivity contribution is 0.394. The summed E-state index contributed by atoms with van der Waals surface area (Å²) in [6, 6.07) is 22.0. The molecular weight excluding hydrogens is 422 g/mol. The first-order valence-corrected chi connectivity index (χ1v) is 11.1. The van der Waals surface area contributed by atoms with Gasteiger partial charge in [0.2, 0.25) is 0 Å². The Morgan fingerprint density at radius 1 is 0.781 bits per heavy atom. The Balaban J connectivity index is 1.76. The second-order valence-corrected chi connectivity index (χ2v) is 8.11. The summed E-state index contributed by atoms with van der Waals surface area (Å²) in [5.74, 6) is 3.73. The van der Waals surface area contributed by atoms with E-state index >= 15 is 0 Å². The molecule has 4 rings (SSSR count). The highest BCUT2D eigenvalue weighted by atomic mass is 32.2. The summed E-state index contributed by atoms with van der Waals surface area (Å²) in [4.78, 5) is 0. The lowest BCUT2D eigenvalue weighted by Crippen LogP contribution is -2.02. The van der Waals surface area contributed by atoms with Crippen LogP contribution < -0.4 is 14.2 Å². The lowest BCUT2D eigenvalue weighted by Gasteiger charge is -2.14. The number of benzene rings is 3. The van der Waals surface area contributed by atoms with Crippen molar-refractivity contribution in [1.82, 2.24) is 14.8 Å². The fourth-order valence-corrected chi connectivity index (χ4v) is 4.29. The van der Waals surface area contributed by atoms with Crippen molar-refractivity contribution >= 4 is 11.8 Å². The number of aromatic nitrogens is 3. The van der Waals surface area contributed by atoms with Gasteiger partial charge in [-0.25, -0.2) is 0 Å². The first-order chi connectivity index (χ1) is 15.6. The van der Waals surface area contributed by atoms with Crippen molar-refractivity contribution in [2.45, 2.75) is 17.8 Å². The van der Waals surface area contributed by atoms with E-state index in [0.717, 1.165) is 39.3 Å². The summed E-state index contributed by atoms with van der Waals surface area (Å²) in [6.07, 6.45) is 0. The second kappa shape index (κ2) is 9.78. The molecule has 0 saturated heterocycles. The van der Waals surface area contributed by atoms with Gasteiger partial charge >= 0.3 is 0 Å². The predicted octanol–water partition coefficient (Wildman–Crippen LogP) is 5.56. The van der Waals surface area contributed by atoms with Crippen molar-refractivity contribution in [3.05, 3.63) is 77.9 Å². The van der Waals surface area contributed by atoms with E-state index in [4.69, 9.17) is 14.2 Å². The average molecular weight is 448 g/mol. The Hall–Kier alpha value is -3.45. The number of methoxy groups -OCH3 is 3. The molecule has 1 heterocycles. The summed E-state index contributed by atoms with van der Waals surface area (Å²) in [7, 11) is 4.95. The van der Waals surface area contributed by atoms with Crippen molar-refractivity contribution < 1.29 is 14.2 Å². The molecular formula is C25H25N3O3S. The van der Waals surface area contributed by atoms with Gasteiger partial charge in [0.25, 0.3) is 0 Å². The van der Waals surface area contributed by atoms with Gasteiger partial charge in [-0.15, -0.1) is 10.2 Å². The molecule has 4 aromatic rings. The van der Waals surface area contributed by atoms with Crippen molar-refractivity contribution in [3.63, 3.8) is 0 Å². The molecule has 0 atom stereocenters. The molecule has 0 aliphatic rings. The molecule has 32 heavy (non-hydrogen) atoms. The third-order valence-corrected chi connectivity index (χ3v) is 6.13. The largest absolute Gasteiger partial charge is 0.497 e. The van der Waals surface area contributed by atoms with Crippen LogP contribution in [0.5, 0.6) is 17.2 Å². The van der Waals surface area contributed by atoms with E-state index in [9.17, 15) is 0 Å². The Kier molecular flexibility index (Phi) is 6.66. The fourth-order valence-electron chi connectivity index (χ4n) is 3.39. The van der Waals surface area contributed by atoms with Crippen molar-refractivity contribution in [2.75, 3.05) is 21.3 Å². The van der Waals surface area contributed by atoms with E-state index in [1.807, 2.05) is 42.5 Å². The molecule has 0 aliphatic carbocycles. The summed E-state index contributed by atoms with van der Waals surface area (Å²) >= 11 is 1.64. The van der Waals surface area contributed by atoms with Gasteiger partial charge in [0.15, 0.2) is 11.0 Å². The number of thioether (sulfide) groups is 1. The Morgan fingerprint density at radius 2 is 1.44 bits per heavy atom. The van der Waals surface area contributed by atoms with E-state index in [0.29, 0.717) is 11.5 Å². The van der Waals surface area contributed by atoms with E-state index in [-0.39, 0.29) is 0 Å². The molecule has 0 saturated carbocycles. The van der Waals surface area contributed by atoms with E-state index in [1.165, 1.54) is 5.56 Å². The molecule has 0 fully saturated rings. The maximum absolute atomic E-state index is 5.47. The van der Waals surface area contributed by atoms with Gasteiger partial charge in [-0.05, 0) is 48.4 Å². The Morgan fingerprint density at radius 3 is 2.06 bits per heavy atom. The molecule has 6 nitrogen and oxygen atoms in total. The number of hydrogen-bond donors (Lipinski definition) is 0. The predicted molar refractivity (Wildman–Crippen MR) is 127 cm³/mol. The lowest BCUT2D eigenvalue weighted by atomic mass is 10.1. The third-order valence-electron chi connectivity index (χ3n) is 5.13. The molecule has 164 valence electrons. The minimum atomic E-state index is 0.700. The van der Waals surface area contributed by atoms with Crippen molar-refractivity contribution in [3.8, 4) is 34.3 Å². The molecule has 0 radical (unpaired) electrons. The molecule has 0 spiro atoms. The number of nitrogens with zero attached hydrogens (tertiary/aromatic N) is 3. The zero-order chi connectivity index (χ0) is 22.5. The minimum Gasteiger partial charge on any atom is -0.497 e. The maximum atomic E-state index is 5.47. The van der Waals surface area contributed by atoms with Crippen molar-refractivity contribution in [1.29, 1.82) is 0 Å². The molecule has 1 aromatic heterocycles. The molecule has 3 aromatic carbocycles. The quantitative estimate of drug-likeness (QED) is 0.330. The van der Waals surface area contributed by atoms with Gasteiger partial charge in [-0.3, -0.25) is 4.57 Å². The monoisotopic (exact) mass is 447 g/mol. The summed E-state index contributed by atoms with van der Waals surface area (Å²) in [6.45, 7) is 2.09. The number of ether oxygens (including phenoxy) is 3. The zero-order valence-corrected chi connectivity index (χ0v) is 19.3. The smallest absolute Gasteiger partial charge is 0.196 e. The van der Waals surface area contributed by atoms with Crippen LogP contribution in [0.25, 0.3) is 17.1 Å². The molecule has 0 amide bonds. The van der Waals surface area contributed by atoms with Crippen molar-refractivity contribution in [2.24, 2.45) is 0 Å². The van der Waals surface area contributed by atoms with Gasteiger partial charge in [0.1, 0.15) is 17.2 Å². The summed E-state index contributed by atoms with van der Waals surface area (Å²) < 4.78 is 18.3. The number of aryl methyl sites for hydroxylation is 1. The van der Waals surface area contributed by atoms with E-state index < -0.39 is 0 Å². The van der Waals surface area contributed by atoms with Crippen LogP contribution in [0.15, 0.2) is 71.9 Å². The Bertz CT molecular complexity index is 1180. The van der Waals surface area contributed by atoms with Crippen LogP contribution in [0.2, 0.25) is 0 Å². The van der Waals surface area contributed by atoms with Gasteiger partial charge < -0.3 is 14.2 Å². The maximum Gasteiger partial charge on any atom is 0.196 e. The topological polar surface area (TPSA) is 58.4 Å². The zero-order valence-electron chi connectivity index (χ0n) is 18.5. The van der Waals surface area contributed by atoms with Gasteiger partial charge in [0, 0.05) is 17.4 Å². The molecule has 7 heteroatoms. The second-order valence-electron chi connectivity index (χ2n) is 7.17. The SMILES string of the molecule is COc1ccc(CSc2nnc(-c3cc(OC)cc(OC)c3)n2-c2ccccc2C)cc1. The first kappa shape index (κ1) is 21.8. The summed E-state index contributed by atoms with van der Waals surface area (Å²) in [5, 5.41) is 9.91. The highest BCUT2D eigenvalue weighted by Crippen LogP contribution is 2.34. The normalized spacial score (nSPS) is 10.8. The van der Waals surface area contributed by atoms with Crippen LogP contribution >= 0.6 is 11.8 Å². The molecule has 0 aliphatic heterocycles. The number of para-hydroxylation sites is 1. The van der Waals surface area contributed by atoms with Crippen LogP contribution in [0.3, 0.4) is 0 Å². The average Bonchev–Trinajstić information content (AvgIpc) is 3.26. The fraction of sp³-hybridized carbons (Fsp3) is 0.200. The molecule has 0 unspecified atom stereocenters. The highest BCUT2D eigenvalue weighted by Gasteiger charge is 2.19. The van der Waals surface area contributed by atoms with Gasteiger partial charge in [-0.1, -0.05) is 42.1 Å². The van der Waals surface area contributed by atoms with Crippen LogP contribution in [-0.4, -0.2) is 36.1 Å². The highest BCUT2D eigenvalue weighted by molar-refractivity contribution is 7.98. The van der Waals surface area contributed by atoms with E-state index in [1.54, 1.807) is 33.1 Å². The van der Waals surface area contributed by atoms with Crippen LogP contribution in [0.1, 0.15) is 11.1 Å². The number of rotatable bonds is 8. The molecule has 0 bridgehead atoms. The van der Waals surface area contributed by atoms with Gasteiger partial charge in [0.05, 0.1) is 27.0 Å². The third kappa shape index (κ3) is 4.57. The van der Waals surface area contributed by atoms with Crippen LogP contribution in [0.4, 0.5) is 0 Å². The first-order valence-electron chi connectivity index (χ1n) is 10.1. The number of hydrogen-bond acceptors (Lipinski definition) is 6. The van der Waals surface area contributed by atoms with Crippen LogP contribution in [-0.2, 0) is 5.75 Å². The minimum absolute atomic E-state index is 0.700. The summed E-state index contributed by atoms with van der Waals surface area (Å²) in [5.41, 5.74) is 4.22. The van der Waals surface area contributed by atoms with E-state index in [2.05, 4.69) is 46.0 Å².